The molecular formula is C18H14BrN3. The summed E-state index contributed by atoms with van der Waals surface area (Å²) in [5.74, 6) is 1.44. The lowest BCUT2D eigenvalue weighted by Crippen LogP contribution is -2.13. The van der Waals surface area contributed by atoms with E-state index in [9.17, 15) is 0 Å². The molecular weight excluding hydrogens is 338 g/mol. The van der Waals surface area contributed by atoms with Gasteiger partial charge in [0.15, 0.2) is 5.82 Å². The zero-order valence-electron chi connectivity index (χ0n) is 11.8. The van der Waals surface area contributed by atoms with Gasteiger partial charge in [0.1, 0.15) is 5.84 Å². The smallest absolute Gasteiger partial charge is 0.154 e. The highest BCUT2D eigenvalue weighted by Gasteiger charge is 2.04. The Morgan fingerprint density at radius 1 is 0.864 bits per heavy atom. The summed E-state index contributed by atoms with van der Waals surface area (Å²) >= 11 is 3.44. The SMILES string of the molecule is Brc1ccc(NC(=Nc2ccccn2)c2ccccc2)cc1. The second-order valence-electron chi connectivity index (χ2n) is 4.65. The van der Waals surface area contributed by atoms with Crippen molar-refractivity contribution < 1.29 is 0 Å². The molecule has 0 bridgehead atoms. The molecule has 0 spiro atoms. The number of rotatable bonds is 3. The van der Waals surface area contributed by atoms with Crippen LogP contribution in [-0.4, -0.2) is 10.8 Å². The van der Waals surface area contributed by atoms with E-state index in [1.807, 2.05) is 72.8 Å². The molecule has 22 heavy (non-hydrogen) atoms. The zero-order valence-corrected chi connectivity index (χ0v) is 13.4. The third-order valence-electron chi connectivity index (χ3n) is 3.03. The van der Waals surface area contributed by atoms with Gasteiger partial charge in [0.2, 0.25) is 0 Å². The number of hydrogen-bond donors (Lipinski definition) is 1. The molecule has 3 aromatic rings. The van der Waals surface area contributed by atoms with Crippen LogP contribution >= 0.6 is 15.9 Å². The van der Waals surface area contributed by atoms with Crippen LogP contribution in [0.4, 0.5) is 11.5 Å². The predicted octanol–water partition coefficient (Wildman–Crippen LogP) is 5.03. The topological polar surface area (TPSA) is 37.3 Å². The van der Waals surface area contributed by atoms with Crippen LogP contribution in [0.5, 0.6) is 0 Å². The van der Waals surface area contributed by atoms with Crippen molar-refractivity contribution in [3.05, 3.63) is 89.0 Å². The molecule has 0 aliphatic carbocycles. The van der Waals surface area contributed by atoms with E-state index in [1.54, 1.807) is 6.20 Å². The van der Waals surface area contributed by atoms with Crippen molar-refractivity contribution >= 4 is 33.3 Å². The molecule has 3 rings (SSSR count). The summed E-state index contributed by atoms with van der Waals surface area (Å²) in [5, 5.41) is 3.36. The summed E-state index contributed by atoms with van der Waals surface area (Å²) in [7, 11) is 0. The van der Waals surface area contributed by atoms with Gasteiger partial charge in [-0.05, 0) is 36.4 Å². The summed E-state index contributed by atoms with van der Waals surface area (Å²) < 4.78 is 1.04. The minimum Gasteiger partial charge on any atom is -0.340 e. The molecule has 1 heterocycles. The number of halogens is 1. The predicted molar refractivity (Wildman–Crippen MR) is 94.6 cm³/mol. The fourth-order valence-electron chi connectivity index (χ4n) is 1.97. The number of benzene rings is 2. The molecule has 0 amide bonds. The van der Waals surface area contributed by atoms with E-state index in [1.165, 1.54) is 0 Å². The van der Waals surface area contributed by atoms with Gasteiger partial charge >= 0.3 is 0 Å². The lowest BCUT2D eigenvalue weighted by molar-refractivity contribution is 1.27. The van der Waals surface area contributed by atoms with Gasteiger partial charge in [-0.15, -0.1) is 0 Å². The largest absolute Gasteiger partial charge is 0.340 e. The maximum absolute atomic E-state index is 4.63. The highest BCUT2D eigenvalue weighted by atomic mass is 79.9. The van der Waals surface area contributed by atoms with Crippen LogP contribution in [0.1, 0.15) is 5.56 Å². The molecule has 4 heteroatoms. The minimum absolute atomic E-state index is 0.672. The van der Waals surface area contributed by atoms with Crippen molar-refractivity contribution in [2.45, 2.75) is 0 Å². The van der Waals surface area contributed by atoms with Crippen LogP contribution in [0.2, 0.25) is 0 Å². The van der Waals surface area contributed by atoms with E-state index in [0.717, 1.165) is 21.6 Å². The fraction of sp³-hybridized carbons (Fsp3) is 0. The number of hydrogen-bond acceptors (Lipinski definition) is 2. The standard InChI is InChI=1S/C18H14BrN3/c19-15-9-11-16(12-10-15)21-18(14-6-2-1-3-7-14)22-17-8-4-5-13-20-17/h1-13H,(H,20,21,22). The zero-order chi connectivity index (χ0) is 15.2. The van der Waals surface area contributed by atoms with Crippen LogP contribution in [-0.2, 0) is 0 Å². The Kier molecular flexibility index (Phi) is 4.61. The summed E-state index contributed by atoms with van der Waals surface area (Å²) in [4.78, 5) is 8.89. The molecule has 1 aromatic heterocycles. The summed E-state index contributed by atoms with van der Waals surface area (Å²) in [6.45, 7) is 0. The lowest BCUT2D eigenvalue weighted by Gasteiger charge is -2.10. The number of nitrogens with one attached hydrogen (secondary N) is 1. The Bertz CT molecular complexity index is 753. The minimum atomic E-state index is 0.672. The quantitative estimate of drug-likeness (QED) is 0.530. The number of anilines is 1. The maximum Gasteiger partial charge on any atom is 0.154 e. The van der Waals surface area contributed by atoms with Crippen molar-refractivity contribution in [1.82, 2.24) is 4.98 Å². The highest BCUT2D eigenvalue weighted by Crippen LogP contribution is 2.17. The van der Waals surface area contributed by atoms with E-state index < -0.39 is 0 Å². The van der Waals surface area contributed by atoms with Crippen molar-refractivity contribution in [2.75, 3.05) is 5.32 Å². The van der Waals surface area contributed by atoms with Gasteiger partial charge in [0.25, 0.3) is 0 Å². The van der Waals surface area contributed by atoms with Gasteiger partial charge in [-0.1, -0.05) is 52.3 Å². The van der Waals surface area contributed by atoms with Gasteiger partial charge in [0, 0.05) is 21.9 Å². The average molecular weight is 352 g/mol. The number of pyridine rings is 1. The van der Waals surface area contributed by atoms with E-state index in [-0.39, 0.29) is 0 Å². The van der Waals surface area contributed by atoms with Gasteiger partial charge < -0.3 is 5.32 Å². The number of nitrogens with zero attached hydrogens (tertiary/aromatic N) is 2. The number of aliphatic imine (C=N–C) groups is 1. The Hall–Kier alpha value is -2.46. The van der Waals surface area contributed by atoms with Crippen LogP contribution in [0, 0.1) is 0 Å². The van der Waals surface area contributed by atoms with E-state index in [2.05, 4.69) is 31.2 Å². The normalized spacial score (nSPS) is 11.2. The molecule has 0 radical (unpaired) electrons. The lowest BCUT2D eigenvalue weighted by atomic mass is 10.2. The molecule has 0 aliphatic rings. The maximum atomic E-state index is 4.63. The Labute approximate surface area is 137 Å². The first kappa shape index (κ1) is 14.5. The van der Waals surface area contributed by atoms with Gasteiger partial charge in [-0.3, -0.25) is 0 Å². The summed E-state index contributed by atoms with van der Waals surface area (Å²) in [5.41, 5.74) is 1.98. The molecule has 0 unspecified atom stereocenters. The third-order valence-corrected chi connectivity index (χ3v) is 3.56. The Morgan fingerprint density at radius 3 is 2.27 bits per heavy atom. The first-order valence-electron chi connectivity index (χ1n) is 6.89. The summed E-state index contributed by atoms with van der Waals surface area (Å²) in [6.07, 6.45) is 1.74. The van der Waals surface area contributed by atoms with Crippen molar-refractivity contribution in [2.24, 2.45) is 4.99 Å². The molecule has 0 saturated carbocycles. The van der Waals surface area contributed by atoms with Crippen LogP contribution in [0.3, 0.4) is 0 Å². The Morgan fingerprint density at radius 2 is 1.59 bits per heavy atom. The van der Waals surface area contributed by atoms with E-state index in [0.29, 0.717) is 5.82 Å². The van der Waals surface area contributed by atoms with Crippen LogP contribution in [0.15, 0.2) is 88.5 Å². The molecule has 3 nitrogen and oxygen atoms in total. The highest BCUT2D eigenvalue weighted by molar-refractivity contribution is 9.10. The first-order valence-corrected chi connectivity index (χ1v) is 7.68. The molecule has 0 atom stereocenters. The van der Waals surface area contributed by atoms with Crippen molar-refractivity contribution in [3.8, 4) is 0 Å². The van der Waals surface area contributed by atoms with Gasteiger partial charge in [-0.25, -0.2) is 9.98 Å². The van der Waals surface area contributed by atoms with Gasteiger partial charge in [0.05, 0.1) is 0 Å². The van der Waals surface area contributed by atoms with E-state index in [4.69, 9.17) is 0 Å². The second-order valence-corrected chi connectivity index (χ2v) is 5.56. The molecule has 1 N–H and O–H groups in total. The molecule has 2 aromatic carbocycles. The van der Waals surface area contributed by atoms with Crippen molar-refractivity contribution in [1.29, 1.82) is 0 Å². The van der Waals surface area contributed by atoms with Crippen LogP contribution < -0.4 is 5.32 Å². The number of aromatic nitrogens is 1. The summed E-state index contributed by atoms with van der Waals surface area (Å²) in [6, 6.07) is 23.7. The average Bonchev–Trinajstić information content (AvgIpc) is 2.58. The molecule has 0 fully saturated rings. The Balaban J connectivity index is 1.96. The third kappa shape index (κ3) is 3.80. The first-order chi connectivity index (χ1) is 10.8. The fourth-order valence-corrected chi connectivity index (χ4v) is 2.23. The van der Waals surface area contributed by atoms with Crippen molar-refractivity contribution in [3.63, 3.8) is 0 Å². The van der Waals surface area contributed by atoms with Gasteiger partial charge in [-0.2, -0.15) is 0 Å². The van der Waals surface area contributed by atoms with Crippen LogP contribution in [0.25, 0.3) is 0 Å². The molecule has 0 aliphatic heterocycles. The molecule has 108 valence electrons. The molecule has 0 saturated heterocycles. The van der Waals surface area contributed by atoms with E-state index >= 15 is 0 Å². The number of amidine groups is 1. The monoisotopic (exact) mass is 351 g/mol. The second kappa shape index (κ2) is 7.00.